The average molecular weight is 323 g/mol. The molecule has 0 bridgehead atoms. The first-order chi connectivity index (χ1) is 10.1. The molecule has 0 spiro atoms. The Hall–Kier alpha value is -1.98. The molecule has 118 valence electrons. The number of furan rings is 1. The van der Waals surface area contributed by atoms with Gasteiger partial charge in [-0.05, 0) is 25.2 Å². The summed E-state index contributed by atoms with van der Waals surface area (Å²) in [7, 11) is 2.05. The van der Waals surface area contributed by atoms with Crippen LogP contribution < -0.4 is 10.5 Å². The van der Waals surface area contributed by atoms with E-state index in [4.69, 9.17) is 14.9 Å². The highest BCUT2D eigenvalue weighted by molar-refractivity contribution is 5.95. The van der Waals surface area contributed by atoms with E-state index in [1.807, 2.05) is 19.2 Å². The molecule has 1 aromatic carbocycles. The number of benzene rings is 1. The number of rotatable bonds is 3. The van der Waals surface area contributed by atoms with Crippen molar-refractivity contribution in [3.63, 3.8) is 0 Å². The van der Waals surface area contributed by atoms with Crippen LogP contribution in [0.25, 0.3) is 0 Å². The summed E-state index contributed by atoms with van der Waals surface area (Å²) in [5, 5.41) is 0. The third-order valence-corrected chi connectivity index (χ3v) is 3.74. The zero-order valence-electron chi connectivity index (χ0n) is 12.3. The molecule has 2 N–H and O–H groups in total. The van der Waals surface area contributed by atoms with Gasteiger partial charge in [-0.25, -0.2) is 0 Å². The first kappa shape index (κ1) is 16.4. The molecule has 1 unspecified atom stereocenters. The summed E-state index contributed by atoms with van der Waals surface area (Å²) in [6, 6.07) is 9.00. The molecule has 1 atom stereocenters. The van der Waals surface area contributed by atoms with E-state index in [-0.39, 0.29) is 18.5 Å². The lowest BCUT2D eigenvalue weighted by Crippen LogP contribution is -2.18. The van der Waals surface area contributed by atoms with Gasteiger partial charge in [0.25, 0.3) is 5.91 Å². The van der Waals surface area contributed by atoms with Crippen molar-refractivity contribution in [1.82, 2.24) is 4.90 Å². The molecule has 5 nitrogen and oxygen atoms in total. The van der Waals surface area contributed by atoms with Gasteiger partial charge in [-0.3, -0.25) is 9.69 Å². The van der Waals surface area contributed by atoms with Crippen LogP contribution in [-0.2, 0) is 6.54 Å². The van der Waals surface area contributed by atoms with Crippen molar-refractivity contribution in [2.75, 3.05) is 13.6 Å². The Morgan fingerprint density at radius 3 is 2.91 bits per heavy atom. The second-order valence-electron chi connectivity index (χ2n) is 5.29. The minimum Gasteiger partial charge on any atom is -0.485 e. The zero-order chi connectivity index (χ0) is 14.8. The summed E-state index contributed by atoms with van der Waals surface area (Å²) in [4.78, 5) is 13.7. The van der Waals surface area contributed by atoms with Crippen LogP contribution in [0.15, 0.2) is 41.0 Å². The van der Waals surface area contributed by atoms with Crippen molar-refractivity contribution in [3.05, 3.63) is 53.5 Å². The van der Waals surface area contributed by atoms with Crippen LogP contribution in [0.5, 0.6) is 5.75 Å². The molecule has 6 heteroatoms. The van der Waals surface area contributed by atoms with Crippen molar-refractivity contribution >= 4 is 18.3 Å². The van der Waals surface area contributed by atoms with E-state index in [9.17, 15) is 4.79 Å². The number of fused-ring (bicyclic) bond motifs is 1. The average Bonchev–Trinajstić information content (AvgIpc) is 2.86. The Morgan fingerprint density at radius 1 is 1.36 bits per heavy atom. The Bertz CT molecular complexity index is 656. The van der Waals surface area contributed by atoms with E-state index in [1.54, 1.807) is 24.5 Å². The van der Waals surface area contributed by atoms with Crippen LogP contribution in [-0.4, -0.2) is 24.4 Å². The third kappa shape index (κ3) is 3.26. The summed E-state index contributed by atoms with van der Waals surface area (Å²) in [6.07, 6.45) is 2.38. The fraction of sp³-hybridized carbons (Fsp3) is 0.312. The molecule has 0 aliphatic carbocycles. The molecule has 0 saturated carbocycles. The molecule has 0 radical (unpaired) electrons. The first-order valence-corrected chi connectivity index (χ1v) is 6.95. The number of primary amides is 1. The number of nitrogens with zero attached hydrogens (tertiary/aromatic N) is 1. The first-order valence-electron chi connectivity index (χ1n) is 6.95. The molecule has 2 aromatic rings. The van der Waals surface area contributed by atoms with E-state index in [0.717, 1.165) is 30.8 Å². The predicted octanol–water partition coefficient (Wildman–Crippen LogP) is 2.76. The number of carbonyl (C=O) groups is 1. The van der Waals surface area contributed by atoms with Gasteiger partial charge in [0.2, 0.25) is 0 Å². The Morgan fingerprint density at radius 2 is 2.14 bits per heavy atom. The minimum atomic E-state index is -0.483. The van der Waals surface area contributed by atoms with Crippen LogP contribution in [0.2, 0.25) is 0 Å². The second kappa shape index (κ2) is 6.85. The number of hydrogen-bond acceptors (Lipinski definition) is 4. The van der Waals surface area contributed by atoms with Gasteiger partial charge in [0.1, 0.15) is 17.6 Å². The van der Waals surface area contributed by atoms with Crippen LogP contribution in [0, 0.1) is 0 Å². The van der Waals surface area contributed by atoms with Crippen LogP contribution in [0.4, 0.5) is 0 Å². The maximum absolute atomic E-state index is 11.5. The molecular weight excluding hydrogens is 304 g/mol. The van der Waals surface area contributed by atoms with Gasteiger partial charge in [-0.1, -0.05) is 12.1 Å². The van der Waals surface area contributed by atoms with Crippen LogP contribution >= 0.6 is 12.4 Å². The number of halogens is 1. The number of carbonyl (C=O) groups excluding carboxylic acids is 1. The summed E-state index contributed by atoms with van der Waals surface area (Å²) >= 11 is 0. The fourth-order valence-corrected chi connectivity index (χ4v) is 2.63. The molecule has 1 amide bonds. The highest BCUT2D eigenvalue weighted by Gasteiger charge is 2.25. The van der Waals surface area contributed by atoms with Gasteiger partial charge in [-0.2, -0.15) is 0 Å². The highest BCUT2D eigenvalue weighted by atomic mass is 35.5. The molecule has 1 aromatic heterocycles. The van der Waals surface area contributed by atoms with E-state index >= 15 is 0 Å². The van der Waals surface area contributed by atoms with Crippen molar-refractivity contribution < 1.29 is 13.9 Å². The Labute approximate surface area is 135 Å². The van der Waals surface area contributed by atoms with Gasteiger partial charge in [0.05, 0.1) is 18.4 Å². The lowest BCUT2D eigenvalue weighted by Gasteiger charge is -2.19. The van der Waals surface area contributed by atoms with Gasteiger partial charge < -0.3 is 14.9 Å². The van der Waals surface area contributed by atoms with Gasteiger partial charge >= 0.3 is 0 Å². The predicted molar refractivity (Wildman–Crippen MR) is 85.2 cm³/mol. The van der Waals surface area contributed by atoms with Crippen LogP contribution in [0.1, 0.15) is 34.2 Å². The summed E-state index contributed by atoms with van der Waals surface area (Å²) in [6.45, 7) is 1.66. The molecule has 1 aliphatic rings. The normalized spacial score (nSPS) is 18.0. The quantitative estimate of drug-likeness (QED) is 0.943. The molecule has 0 saturated heterocycles. The number of para-hydroxylation sites is 1. The van der Waals surface area contributed by atoms with E-state index in [2.05, 4.69) is 4.90 Å². The van der Waals surface area contributed by atoms with Crippen LogP contribution in [0.3, 0.4) is 0 Å². The monoisotopic (exact) mass is 322 g/mol. The second-order valence-corrected chi connectivity index (χ2v) is 5.29. The SMILES string of the molecule is CN1CCC(Oc2ccccc2C(N)=O)c2ccoc2C1.Cl. The smallest absolute Gasteiger partial charge is 0.252 e. The highest BCUT2D eigenvalue weighted by Crippen LogP contribution is 2.32. The number of nitrogens with two attached hydrogens (primary N) is 1. The number of ether oxygens (including phenoxy) is 1. The number of amides is 1. The van der Waals surface area contributed by atoms with E-state index in [1.165, 1.54) is 0 Å². The largest absolute Gasteiger partial charge is 0.485 e. The maximum atomic E-state index is 11.5. The van der Waals surface area contributed by atoms with Gasteiger partial charge in [0.15, 0.2) is 0 Å². The summed E-state index contributed by atoms with van der Waals surface area (Å²) in [5.41, 5.74) is 6.84. The molecule has 2 heterocycles. The standard InChI is InChI=1S/C16H18N2O3.ClH/c1-18-8-6-14(11-7-9-20-15(11)10-18)21-13-5-3-2-4-12(13)16(17)19;/h2-5,7,9,14H,6,8,10H2,1H3,(H2,17,19);1H. The van der Waals surface area contributed by atoms with Gasteiger partial charge in [-0.15, -0.1) is 12.4 Å². The molecule has 0 fully saturated rings. The lowest BCUT2D eigenvalue weighted by atomic mass is 10.1. The van der Waals surface area contributed by atoms with Crippen molar-refractivity contribution in [3.8, 4) is 5.75 Å². The summed E-state index contributed by atoms with van der Waals surface area (Å²) in [5.74, 6) is 0.951. The fourth-order valence-electron chi connectivity index (χ4n) is 2.63. The molecule has 1 aliphatic heterocycles. The molecule has 22 heavy (non-hydrogen) atoms. The Kier molecular flexibility index (Phi) is 5.11. The summed E-state index contributed by atoms with van der Waals surface area (Å²) < 4.78 is 11.6. The number of hydrogen-bond donors (Lipinski definition) is 1. The van der Waals surface area contributed by atoms with Crippen molar-refractivity contribution in [1.29, 1.82) is 0 Å². The Balaban J connectivity index is 0.00000176. The lowest BCUT2D eigenvalue weighted by molar-refractivity contribution is 0.0991. The third-order valence-electron chi connectivity index (χ3n) is 3.74. The topological polar surface area (TPSA) is 68.7 Å². The maximum Gasteiger partial charge on any atom is 0.252 e. The molecular formula is C16H19ClN2O3. The molecule has 3 rings (SSSR count). The van der Waals surface area contributed by atoms with E-state index < -0.39 is 5.91 Å². The van der Waals surface area contributed by atoms with E-state index in [0.29, 0.717) is 11.3 Å². The van der Waals surface area contributed by atoms with Crippen molar-refractivity contribution in [2.24, 2.45) is 5.73 Å². The zero-order valence-corrected chi connectivity index (χ0v) is 13.1. The minimum absolute atomic E-state index is 0. The van der Waals surface area contributed by atoms with Gasteiger partial charge in [0, 0.05) is 18.5 Å². The van der Waals surface area contributed by atoms with Crippen molar-refractivity contribution in [2.45, 2.75) is 19.1 Å².